The summed E-state index contributed by atoms with van der Waals surface area (Å²) in [6.07, 6.45) is 2.04. The minimum atomic E-state index is -0.493. The second-order valence-corrected chi connectivity index (χ2v) is 6.49. The molecule has 9 nitrogen and oxygen atoms in total. The van der Waals surface area contributed by atoms with E-state index in [1.54, 1.807) is 13.0 Å². The molecule has 2 aromatic rings. The minimum absolute atomic E-state index is 0.0276. The van der Waals surface area contributed by atoms with Gasteiger partial charge >= 0.3 is 0 Å². The number of aromatic nitrogens is 1. The van der Waals surface area contributed by atoms with Gasteiger partial charge in [0.15, 0.2) is 0 Å². The van der Waals surface area contributed by atoms with Gasteiger partial charge in [-0.15, -0.1) is 0 Å². The first-order valence-corrected chi connectivity index (χ1v) is 8.29. The number of pyridine rings is 1. The van der Waals surface area contributed by atoms with E-state index in [1.165, 1.54) is 24.4 Å². The van der Waals surface area contributed by atoms with Crippen molar-refractivity contribution in [3.05, 3.63) is 61.3 Å². The van der Waals surface area contributed by atoms with Crippen LogP contribution in [0, 0.1) is 27.2 Å². The molecule has 0 aliphatic carbocycles. The monoisotopic (exact) mass is 377 g/mol. The van der Waals surface area contributed by atoms with Crippen LogP contribution in [0.5, 0.6) is 0 Å². The highest BCUT2D eigenvalue weighted by Gasteiger charge is 2.26. The Bertz CT molecular complexity index is 835. The molecule has 3 rings (SSSR count). The Hall–Kier alpha value is -2.94. The summed E-state index contributed by atoms with van der Waals surface area (Å²) in [6.45, 7) is 3.19. The molecule has 0 bridgehead atoms. The Morgan fingerprint density at radius 1 is 1.23 bits per heavy atom. The maximum Gasteiger partial charge on any atom is 0.287 e. The van der Waals surface area contributed by atoms with Gasteiger partial charge < -0.3 is 10.2 Å². The van der Waals surface area contributed by atoms with E-state index in [9.17, 15) is 20.2 Å². The third-order valence-electron chi connectivity index (χ3n) is 4.26. The van der Waals surface area contributed by atoms with E-state index in [2.05, 4.69) is 15.2 Å². The van der Waals surface area contributed by atoms with Crippen molar-refractivity contribution in [3.8, 4) is 0 Å². The Morgan fingerprint density at radius 3 is 2.54 bits per heavy atom. The van der Waals surface area contributed by atoms with E-state index in [0.717, 1.165) is 24.2 Å². The van der Waals surface area contributed by atoms with E-state index in [1.807, 2.05) is 0 Å². The van der Waals surface area contributed by atoms with E-state index in [4.69, 9.17) is 11.6 Å². The fourth-order valence-corrected chi connectivity index (χ4v) is 3.47. The fraction of sp³-hybridized carbons (Fsp3) is 0.312. The molecule has 0 radical (unpaired) electrons. The van der Waals surface area contributed by atoms with Gasteiger partial charge in [0.1, 0.15) is 12.0 Å². The van der Waals surface area contributed by atoms with Gasteiger partial charge in [-0.05, 0) is 25.0 Å². The highest BCUT2D eigenvalue weighted by molar-refractivity contribution is 6.33. The first-order valence-electron chi connectivity index (χ1n) is 7.91. The Labute approximate surface area is 153 Å². The molecule has 1 N–H and O–H groups in total. The van der Waals surface area contributed by atoms with Crippen LogP contribution in [0.2, 0.25) is 5.02 Å². The molecule has 1 aromatic heterocycles. The van der Waals surface area contributed by atoms with E-state index >= 15 is 0 Å². The normalized spacial score (nSPS) is 16.5. The van der Waals surface area contributed by atoms with Crippen LogP contribution < -0.4 is 10.2 Å². The van der Waals surface area contributed by atoms with Gasteiger partial charge in [0.2, 0.25) is 0 Å². The van der Waals surface area contributed by atoms with Crippen LogP contribution in [0.3, 0.4) is 0 Å². The van der Waals surface area contributed by atoms with E-state index in [-0.39, 0.29) is 17.4 Å². The van der Waals surface area contributed by atoms with Gasteiger partial charge in [-0.3, -0.25) is 20.2 Å². The number of aryl methyl sites for hydroxylation is 1. The summed E-state index contributed by atoms with van der Waals surface area (Å²) in [5.41, 5.74) is 1.45. The van der Waals surface area contributed by atoms with Crippen molar-refractivity contribution in [1.29, 1.82) is 0 Å². The lowest BCUT2D eigenvalue weighted by Crippen LogP contribution is -2.27. The topological polar surface area (TPSA) is 114 Å². The maximum atomic E-state index is 10.9. The average molecular weight is 378 g/mol. The zero-order valence-corrected chi connectivity index (χ0v) is 14.6. The lowest BCUT2D eigenvalue weighted by molar-refractivity contribution is -0.385. The van der Waals surface area contributed by atoms with Gasteiger partial charge in [0.25, 0.3) is 11.4 Å². The van der Waals surface area contributed by atoms with E-state index < -0.39 is 9.85 Å². The molecular formula is C16H16ClN5O4. The van der Waals surface area contributed by atoms with Crippen molar-refractivity contribution in [2.75, 3.05) is 23.3 Å². The smallest absolute Gasteiger partial charge is 0.287 e. The first-order chi connectivity index (χ1) is 12.3. The summed E-state index contributed by atoms with van der Waals surface area (Å²) in [5.74, 6) is 0.564. The summed E-state index contributed by atoms with van der Waals surface area (Å²) in [6, 6.07) is 5.95. The molecule has 1 unspecified atom stereocenters. The van der Waals surface area contributed by atoms with Crippen LogP contribution in [-0.4, -0.2) is 34.0 Å². The third kappa shape index (κ3) is 3.67. The number of hydrogen-bond acceptors (Lipinski definition) is 7. The van der Waals surface area contributed by atoms with Crippen molar-refractivity contribution in [1.82, 2.24) is 4.98 Å². The summed E-state index contributed by atoms with van der Waals surface area (Å²) in [7, 11) is 0. The van der Waals surface area contributed by atoms with Gasteiger partial charge in [-0.2, -0.15) is 0 Å². The van der Waals surface area contributed by atoms with Crippen LogP contribution >= 0.6 is 11.6 Å². The number of rotatable bonds is 5. The molecule has 0 saturated carbocycles. The average Bonchev–Trinajstić information content (AvgIpc) is 3.02. The van der Waals surface area contributed by atoms with Crippen molar-refractivity contribution >= 4 is 34.5 Å². The standard InChI is InChI=1S/C16H16ClN5O4/c1-10-6-13(22(25)26)7-14(17)16(10)20-5-4-11(9-20)19-15-3-2-12(8-18-15)21(23)24/h2-3,6-8,11H,4-5,9H2,1H3,(H,18,19). The molecule has 1 fully saturated rings. The molecule has 26 heavy (non-hydrogen) atoms. The highest BCUT2D eigenvalue weighted by Crippen LogP contribution is 2.35. The number of benzene rings is 1. The van der Waals surface area contributed by atoms with E-state index in [0.29, 0.717) is 17.4 Å². The van der Waals surface area contributed by atoms with Gasteiger partial charge in [0.05, 0.1) is 20.6 Å². The Morgan fingerprint density at radius 2 is 1.96 bits per heavy atom. The van der Waals surface area contributed by atoms with Crippen molar-refractivity contribution < 1.29 is 9.85 Å². The van der Waals surface area contributed by atoms with Crippen LogP contribution in [-0.2, 0) is 0 Å². The summed E-state index contributed by atoms with van der Waals surface area (Å²) >= 11 is 6.27. The summed E-state index contributed by atoms with van der Waals surface area (Å²) < 4.78 is 0. The SMILES string of the molecule is Cc1cc([N+](=O)[O-])cc(Cl)c1N1CCC(Nc2ccc([N+](=O)[O-])cn2)C1. The van der Waals surface area contributed by atoms with Gasteiger partial charge in [-0.25, -0.2) is 4.98 Å². The summed E-state index contributed by atoms with van der Waals surface area (Å²) in [4.78, 5) is 26.8. The number of hydrogen-bond donors (Lipinski definition) is 1. The number of nitrogens with zero attached hydrogens (tertiary/aromatic N) is 4. The number of anilines is 2. The predicted molar refractivity (Wildman–Crippen MR) is 98.0 cm³/mol. The number of nitro groups is 2. The quantitative estimate of drug-likeness (QED) is 0.625. The summed E-state index contributed by atoms with van der Waals surface area (Å²) in [5, 5.41) is 25.2. The minimum Gasteiger partial charge on any atom is -0.368 e. The second-order valence-electron chi connectivity index (χ2n) is 6.08. The molecule has 1 aliphatic rings. The lowest BCUT2D eigenvalue weighted by atomic mass is 10.1. The molecule has 136 valence electrons. The largest absolute Gasteiger partial charge is 0.368 e. The molecule has 1 atom stereocenters. The number of nitro benzene ring substituents is 1. The highest BCUT2D eigenvalue weighted by atomic mass is 35.5. The molecule has 1 saturated heterocycles. The number of nitrogens with one attached hydrogen (secondary N) is 1. The molecule has 2 heterocycles. The van der Waals surface area contributed by atoms with Gasteiger partial charge in [0, 0.05) is 37.3 Å². The maximum absolute atomic E-state index is 10.9. The predicted octanol–water partition coefficient (Wildman–Crippen LogP) is 3.55. The molecule has 0 spiro atoms. The Kier molecular flexibility index (Phi) is 4.90. The third-order valence-corrected chi connectivity index (χ3v) is 4.55. The molecule has 10 heteroatoms. The Balaban J connectivity index is 1.71. The van der Waals surface area contributed by atoms with Crippen molar-refractivity contribution in [2.45, 2.75) is 19.4 Å². The molecule has 1 aromatic carbocycles. The van der Waals surface area contributed by atoms with Crippen LogP contribution in [0.4, 0.5) is 22.9 Å². The lowest BCUT2D eigenvalue weighted by Gasteiger charge is -2.22. The van der Waals surface area contributed by atoms with Crippen LogP contribution in [0.1, 0.15) is 12.0 Å². The van der Waals surface area contributed by atoms with Crippen molar-refractivity contribution in [2.24, 2.45) is 0 Å². The zero-order valence-electron chi connectivity index (χ0n) is 13.9. The number of non-ortho nitro benzene ring substituents is 1. The molecule has 0 amide bonds. The van der Waals surface area contributed by atoms with Gasteiger partial charge in [-0.1, -0.05) is 11.6 Å². The molecular weight excluding hydrogens is 362 g/mol. The van der Waals surface area contributed by atoms with Crippen molar-refractivity contribution in [3.63, 3.8) is 0 Å². The fourth-order valence-electron chi connectivity index (χ4n) is 3.09. The van der Waals surface area contributed by atoms with Crippen LogP contribution in [0.15, 0.2) is 30.5 Å². The second kappa shape index (κ2) is 7.12. The molecule has 1 aliphatic heterocycles. The zero-order chi connectivity index (χ0) is 18.8. The van der Waals surface area contributed by atoms with Crippen LogP contribution in [0.25, 0.3) is 0 Å². The number of halogens is 1. The first kappa shape index (κ1) is 17.9.